The second-order valence-corrected chi connectivity index (χ2v) is 11.4. The third-order valence-corrected chi connectivity index (χ3v) is 8.14. The lowest BCUT2D eigenvalue weighted by Crippen LogP contribution is -2.38. The number of imidazole rings is 1. The van der Waals surface area contributed by atoms with E-state index < -0.39 is 12.5 Å². The molecule has 2 unspecified atom stereocenters. The highest BCUT2D eigenvalue weighted by molar-refractivity contribution is 6.12. The summed E-state index contributed by atoms with van der Waals surface area (Å²) in [6.45, 7) is 10.4. The molecule has 0 aliphatic carbocycles. The van der Waals surface area contributed by atoms with Crippen LogP contribution in [-0.2, 0) is 6.42 Å². The van der Waals surface area contributed by atoms with Gasteiger partial charge in [0.2, 0.25) is 0 Å². The van der Waals surface area contributed by atoms with E-state index in [0.717, 1.165) is 28.0 Å². The zero-order valence-corrected chi connectivity index (χ0v) is 24.5. The van der Waals surface area contributed by atoms with Crippen LogP contribution in [0, 0.1) is 5.41 Å². The van der Waals surface area contributed by atoms with Crippen molar-refractivity contribution in [1.29, 1.82) is 5.41 Å². The van der Waals surface area contributed by atoms with E-state index in [2.05, 4.69) is 6.58 Å². The molecular formula is C35H38F2N4O. The molecule has 1 saturated heterocycles. The molecule has 1 fully saturated rings. The number of benzene rings is 3. The number of piperidine rings is 1. The third kappa shape index (κ3) is 5.91. The summed E-state index contributed by atoms with van der Waals surface area (Å²) in [4.78, 5) is 20.3. The van der Waals surface area contributed by atoms with Gasteiger partial charge in [-0.25, -0.2) is 13.8 Å². The third-order valence-electron chi connectivity index (χ3n) is 8.14. The molecule has 42 heavy (non-hydrogen) atoms. The lowest BCUT2D eigenvalue weighted by molar-refractivity contribution is 0.0708. The van der Waals surface area contributed by atoms with Gasteiger partial charge in [0.15, 0.2) is 6.30 Å². The lowest BCUT2D eigenvalue weighted by Gasteiger charge is -2.32. The number of carbonyl (C=O) groups is 1. The topological polar surface area (TPSA) is 62.0 Å². The van der Waals surface area contributed by atoms with Crippen molar-refractivity contribution < 1.29 is 13.6 Å². The second kappa shape index (κ2) is 12.4. The highest BCUT2D eigenvalue weighted by atomic mass is 19.1. The number of nitrogens with zero attached hydrogens (tertiary/aromatic N) is 3. The van der Waals surface area contributed by atoms with Crippen LogP contribution < -0.4 is 0 Å². The summed E-state index contributed by atoms with van der Waals surface area (Å²) < 4.78 is 30.8. The van der Waals surface area contributed by atoms with Crippen molar-refractivity contribution in [2.45, 2.75) is 64.8 Å². The van der Waals surface area contributed by atoms with Gasteiger partial charge in [-0.1, -0.05) is 55.5 Å². The molecule has 1 amide bonds. The molecule has 0 saturated carbocycles. The maximum Gasteiger partial charge on any atom is 0.253 e. The predicted octanol–water partition coefficient (Wildman–Crippen LogP) is 8.50. The smallest absolute Gasteiger partial charge is 0.253 e. The van der Waals surface area contributed by atoms with Gasteiger partial charge < -0.3 is 4.90 Å². The first kappa shape index (κ1) is 29.4. The molecule has 5 nitrogen and oxygen atoms in total. The number of nitrogens with one attached hydrogen (secondary N) is 1. The van der Waals surface area contributed by atoms with E-state index in [1.54, 1.807) is 28.8 Å². The van der Waals surface area contributed by atoms with Crippen molar-refractivity contribution in [2.75, 3.05) is 13.1 Å². The standard InChI is InChI=1S/C35H38F2N4O/c1-5-32(37)41-31-12-7-6-11-30(31)39-34(41)24-15-17-40(18-16-24)35(42)27-13-14-29(28(21-27)19-22(2)3)33(38)26-10-8-9-25(20-26)23(4)36/h6-14,20-21,23-24,32,38H,2,5,15-19H2,1,3-4H3. The Morgan fingerprint density at radius 2 is 1.79 bits per heavy atom. The highest BCUT2D eigenvalue weighted by Crippen LogP contribution is 2.34. The Morgan fingerprint density at radius 3 is 2.48 bits per heavy atom. The Balaban J connectivity index is 1.36. The van der Waals surface area contributed by atoms with Crippen LogP contribution in [0.4, 0.5) is 8.78 Å². The zero-order valence-electron chi connectivity index (χ0n) is 24.5. The molecule has 218 valence electrons. The average molecular weight is 569 g/mol. The molecule has 4 aromatic rings. The van der Waals surface area contributed by atoms with Crippen LogP contribution in [0.5, 0.6) is 0 Å². The Hall–Kier alpha value is -4.13. The summed E-state index contributed by atoms with van der Waals surface area (Å²) in [6, 6.07) is 20.1. The van der Waals surface area contributed by atoms with Crippen molar-refractivity contribution in [3.05, 3.63) is 113 Å². The van der Waals surface area contributed by atoms with Gasteiger partial charge >= 0.3 is 0 Å². The van der Waals surface area contributed by atoms with E-state index in [0.29, 0.717) is 61.0 Å². The van der Waals surface area contributed by atoms with Gasteiger partial charge in [0.25, 0.3) is 5.91 Å². The highest BCUT2D eigenvalue weighted by Gasteiger charge is 2.30. The lowest BCUT2D eigenvalue weighted by atomic mass is 9.91. The fourth-order valence-electron chi connectivity index (χ4n) is 5.89. The monoisotopic (exact) mass is 568 g/mol. The minimum absolute atomic E-state index is 0.0619. The van der Waals surface area contributed by atoms with Crippen LogP contribution in [0.2, 0.25) is 0 Å². The quantitative estimate of drug-likeness (QED) is 0.163. The summed E-state index contributed by atoms with van der Waals surface area (Å²) in [5.74, 6) is 0.763. The first-order valence-corrected chi connectivity index (χ1v) is 14.7. The molecular weight excluding hydrogens is 530 g/mol. The van der Waals surface area contributed by atoms with Crippen molar-refractivity contribution in [3.63, 3.8) is 0 Å². The van der Waals surface area contributed by atoms with Gasteiger partial charge in [-0.2, -0.15) is 0 Å². The van der Waals surface area contributed by atoms with Crippen molar-refractivity contribution >= 4 is 22.7 Å². The van der Waals surface area contributed by atoms with E-state index >= 15 is 4.39 Å². The van der Waals surface area contributed by atoms with E-state index in [4.69, 9.17) is 10.4 Å². The second-order valence-electron chi connectivity index (χ2n) is 11.4. The predicted molar refractivity (Wildman–Crippen MR) is 165 cm³/mol. The normalized spacial score (nSPS) is 15.5. The number of aromatic nitrogens is 2. The summed E-state index contributed by atoms with van der Waals surface area (Å²) in [7, 11) is 0. The van der Waals surface area contributed by atoms with Crippen molar-refractivity contribution in [1.82, 2.24) is 14.5 Å². The van der Waals surface area contributed by atoms with Crippen LogP contribution in [0.25, 0.3) is 11.0 Å². The maximum atomic E-state index is 15.1. The SMILES string of the molecule is C=C(C)Cc1cc(C(=O)N2CCC(c3nc4ccccc4n3C(F)CC)CC2)ccc1C(=N)c1cccc(C(C)F)c1. The number of hydrogen-bond acceptors (Lipinski definition) is 3. The number of carbonyl (C=O) groups excluding carboxylic acids is 1. The number of hydrogen-bond donors (Lipinski definition) is 1. The Bertz CT molecular complexity index is 1630. The van der Waals surface area contributed by atoms with E-state index in [9.17, 15) is 9.18 Å². The average Bonchev–Trinajstić information content (AvgIpc) is 3.39. The summed E-state index contributed by atoms with van der Waals surface area (Å²) in [5, 5.41) is 8.89. The summed E-state index contributed by atoms with van der Waals surface area (Å²) in [6.07, 6.45) is 0.0372. The number of rotatable bonds is 9. The van der Waals surface area contributed by atoms with Gasteiger partial charge in [0.1, 0.15) is 12.0 Å². The van der Waals surface area contributed by atoms with Crippen LogP contribution in [0.1, 0.15) is 96.9 Å². The number of halogens is 2. The molecule has 5 rings (SSSR count). The molecule has 1 aromatic heterocycles. The number of para-hydroxylation sites is 2. The van der Waals surface area contributed by atoms with Crippen molar-refractivity contribution in [2.24, 2.45) is 0 Å². The number of likely N-dealkylation sites (tertiary alicyclic amines) is 1. The molecule has 2 heterocycles. The van der Waals surface area contributed by atoms with E-state index in [1.165, 1.54) is 6.92 Å². The number of alkyl halides is 2. The van der Waals surface area contributed by atoms with Gasteiger partial charge in [0, 0.05) is 35.7 Å². The Morgan fingerprint density at radius 1 is 1.05 bits per heavy atom. The molecule has 0 bridgehead atoms. The Labute approximate surface area is 246 Å². The molecule has 0 spiro atoms. The minimum Gasteiger partial charge on any atom is -0.339 e. The summed E-state index contributed by atoms with van der Waals surface area (Å²) in [5.41, 5.74) is 6.07. The largest absolute Gasteiger partial charge is 0.339 e. The first-order valence-electron chi connectivity index (χ1n) is 14.7. The fraction of sp³-hybridized carbons (Fsp3) is 0.343. The molecule has 1 aliphatic heterocycles. The molecule has 1 N–H and O–H groups in total. The van der Waals surface area contributed by atoms with Crippen LogP contribution in [0.15, 0.2) is 78.9 Å². The molecule has 0 radical (unpaired) electrons. The minimum atomic E-state index is -1.14. The van der Waals surface area contributed by atoms with E-state index in [-0.39, 0.29) is 17.5 Å². The van der Waals surface area contributed by atoms with Crippen LogP contribution in [0.3, 0.4) is 0 Å². The number of fused-ring (bicyclic) bond motifs is 1. The fourth-order valence-corrected chi connectivity index (χ4v) is 5.89. The number of allylic oxidation sites excluding steroid dienone is 1. The molecule has 1 aliphatic rings. The Kier molecular flexibility index (Phi) is 8.66. The zero-order chi connectivity index (χ0) is 30.0. The van der Waals surface area contributed by atoms with Crippen LogP contribution >= 0.6 is 0 Å². The summed E-state index contributed by atoms with van der Waals surface area (Å²) >= 11 is 0. The number of amides is 1. The van der Waals surface area contributed by atoms with E-state index in [1.807, 2.05) is 61.2 Å². The van der Waals surface area contributed by atoms with Gasteiger partial charge in [0.05, 0.1) is 16.7 Å². The maximum absolute atomic E-state index is 15.1. The van der Waals surface area contributed by atoms with Crippen LogP contribution in [-0.4, -0.2) is 39.2 Å². The van der Waals surface area contributed by atoms with Crippen molar-refractivity contribution in [3.8, 4) is 0 Å². The van der Waals surface area contributed by atoms with Gasteiger partial charge in [-0.05, 0) is 81.0 Å². The van der Waals surface area contributed by atoms with Gasteiger partial charge in [-0.15, -0.1) is 0 Å². The molecule has 2 atom stereocenters. The molecule has 7 heteroatoms. The van der Waals surface area contributed by atoms with Gasteiger partial charge in [-0.3, -0.25) is 14.8 Å². The first-order chi connectivity index (χ1) is 20.2. The molecule has 3 aromatic carbocycles.